The molecular formula is C12H11ClN2O5S. The van der Waals surface area contributed by atoms with E-state index >= 15 is 0 Å². The lowest BCUT2D eigenvalue weighted by Gasteiger charge is -2.13. The minimum Gasteiger partial charge on any atom is -0.480 e. The number of amides is 1. The van der Waals surface area contributed by atoms with E-state index in [4.69, 9.17) is 21.1 Å². The van der Waals surface area contributed by atoms with E-state index in [9.17, 15) is 14.4 Å². The number of thioether (sulfide) groups is 1. The Balaban J connectivity index is 2.18. The van der Waals surface area contributed by atoms with E-state index < -0.39 is 23.7 Å². The molecule has 3 N–H and O–H groups in total. The first kappa shape index (κ1) is 15.5. The number of carboxylic acid groups (broad SMARTS) is 1. The maximum atomic E-state index is 11.1. The van der Waals surface area contributed by atoms with E-state index in [0.29, 0.717) is 21.0 Å². The van der Waals surface area contributed by atoms with E-state index in [1.165, 1.54) is 13.0 Å². The minimum absolute atomic E-state index is 0.0921. The molecular weight excluding hydrogens is 320 g/mol. The summed E-state index contributed by atoms with van der Waals surface area (Å²) in [4.78, 5) is 36.1. The number of carbonyl (C=O) groups excluding carboxylic acids is 1. The summed E-state index contributed by atoms with van der Waals surface area (Å²) < 4.78 is 4.91. The number of carbonyl (C=O) groups is 2. The van der Waals surface area contributed by atoms with Gasteiger partial charge in [0.05, 0.1) is 10.5 Å². The molecule has 0 saturated heterocycles. The van der Waals surface area contributed by atoms with Crippen LogP contribution in [-0.4, -0.2) is 33.8 Å². The molecule has 9 heteroatoms. The molecule has 0 aliphatic carbocycles. The molecule has 0 spiro atoms. The van der Waals surface area contributed by atoms with Crippen molar-refractivity contribution < 1.29 is 19.1 Å². The van der Waals surface area contributed by atoms with Crippen LogP contribution in [0.2, 0.25) is 5.02 Å². The number of aliphatic carboxylic acids is 1. The molecule has 112 valence electrons. The number of hydrogen-bond acceptors (Lipinski definition) is 5. The molecule has 0 radical (unpaired) electrons. The molecule has 1 aromatic carbocycles. The highest BCUT2D eigenvalue weighted by atomic mass is 35.5. The van der Waals surface area contributed by atoms with E-state index in [1.54, 1.807) is 6.07 Å². The van der Waals surface area contributed by atoms with Crippen LogP contribution in [0.5, 0.6) is 0 Å². The summed E-state index contributed by atoms with van der Waals surface area (Å²) >= 11 is 7.21. The predicted molar refractivity (Wildman–Crippen MR) is 77.8 cm³/mol. The molecule has 21 heavy (non-hydrogen) atoms. The Bertz CT molecular complexity index is 754. The fourth-order valence-corrected chi connectivity index (χ4v) is 2.94. The van der Waals surface area contributed by atoms with Crippen molar-refractivity contribution in [3.05, 3.63) is 27.7 Å². The van der Waals surface area contributed by atoms with Gasteiger partial charge in [0.15, 0.2) is 5.58 Å². The van der Waals surface area contributed by atoms with Gasteiger partial charge in [-0.2, -0.15) is 0 Å². The first-order chi connectivity index (χ1) is 9.86. The topological polar surface area (TPSA) is 112 Å². The van der Waals surface area contributed by atoms with Crippen molar-refractivity contribution in [3.63, 3.8) is 0 Å². The SMILES string of the molecule is CC(=O)N[C@@H](CSc1cc2oc(=O)[nH]c2cc1Cl)C(=O)O. The Hall–Kier alpha value is -1.93. The van der Waals surface area contributed by atoms with Crippen LogP contribution in [0.25, 0.3) is 11.1 Å². The highest BCUT2D eigenvalue weighted by Gasteiger charge is 2.19. The van der Waals surface area contributed by atoms with Crippen molar-refractivity contribution in [1.82, 2.24) is 10.3 Å². The summed E-state index contributed by atoms with van der Waals surface area (Å²) in [7, 11) is 0. The summed E-state index contributed by atoms with van der Waals surface area (Å²) in [6, 6.07) is 2.04. The molecule has 0 aliphatic heterocycles. The fourth-order valence-electron chi connectivity index (χ4n) is 1.66. The molecule has 1 heterocycles. The van der Waals surface area contributed by atoms with Gasteiger partial charge in [0.2, 0.25) is 5.91 Å². The van der Waals surface area contributed by atoms with Gasteiger partial charge in [-0.15, -0.1) is 11.8 Å². The van der Waals surface area contributed by atoms with Gasteiger partial charge >= 0.3 is 11.7 Å². The number of nitrogens with one attached hydrogen (secondary N) is 2. The van der Waals surface area contributed by atoms with Crippen molar-refractivity contribution in [2.45, 2.75) is 17.9 Å². The zero-order valence-electron chi connectivity index (χ0n) is 10.8. The fraction of sp³-hybridized carbons (Fsp3) is 0.250. The van der Waals surface area contributed by atoms with Gasteiger partial charge in [0.25, 0.3) is 0 Å². The van der Waals surface area contributed by atoms with Crippen LogP contribution in [-0.2, 0) is 9.59 Å². The second-order valence-electron chi connectivity index (χ2n) is 4.20. The highest BCUT2D eigenvalue weighted by molar-refractivity contribution is 7.99. The molecule has 0 unspecified atom stereocenters. The molecule has 1 aromatic heterocycles. The lowest BCUT2D eigenvalue weighted by molar-refractivity contribution is -0.140. The largest absolute Gasteiger partial charge is 0.480 e. The first-order valence-electron chi connectivity index (χ1n) is 5.82. The Morgan fingerprint density at radius 3 is 2.86 bits per heavy atom. The smallest absolute Gasteiger partial charge is 0.417 e. The third-order valence-electron chi connectivity index (χ3n) is 2.55. The maximum absolute atomic E-state index is 11.1. The Labute approximate surface area is 127 Å². The second kappa shape index (κ2) is 6.23. The van der Waals surface area contributed by atoms with Crippen LogP contribution in [0.3, 0.4) is 0 Å². The summed E-state index contributed by atoms with van der Waals surface area (Å²) in [6.45, 7) is 1.24. The van der Waals surface area contributed by atoms with E-state index in [1.807, 2.05) is 0 Å². The van der Waals surface area contributed by atoms with Gasteiger partial charge in [-0.3, -0.25) is 9.78 Å². The number of halogens is 1. The van der Waals surface area contributed by atoms with Crippen molar-refractivity contribution in [2.24, 2.45) is 0 Å². The van der Waals surface area contributed by atoms with Crippen LogP contribution >= 0.6 is 23.4 Å². The van der Waals surface area contributed by atoms with Gasteiger partial charge in [0.1, 0.15) is 6.04 Å². The molecule has 1 amide bonds. The Morgan fingerprint density at radius 2 is 2.24 bits per heavy atom. The van der Waals surface area contributed by atoms with Crippen LogP contribution in [0.15, 0.2) is 26.2 Å². The quantitative estimate of drug-likeness (QED) is 0.715. The lowest BCUT2D eigenvalue weighted by atomic mass is 10.3. The van der Waals surface area contributed by atoms with Crippen LogP contribution in [0, 0.1) is 0 Å². The number of carboxylic acids is 1. The zero-order chi connectivity index (χ0) is 15.6. The summed E-state index contributed by atoms with van der Waals surface area (Å²) in [6.07, 6.45) is 0. The molecule has 0 bridgehead atoms. The minimum atomic E-state index is -1.14. The number of hydrogen-bond donors (Lipinski definition) is 3. The molecule has 2 rings (SSSR count). The predicted octanol–water partition coefficient (Wildman–Crippen LogP) is 1.46. The van der Waals surface area contributed by atoms with Gasteiger partial charge in [-0.25, -0.2) is 9.59 Å². The lowest BCUT2D eigenvalue weighted by Crippen LogP contribution is -2.41. The van der Waals surface area contributed by atoms with E-state index in [-0.39, 0.29) is 5.75 Å². The third kappa shape index (κ3) is 3.79. The monoisotopic (exact) mass is 330 g/mol. The molecule has 1 atom stereocenters. The number of aromatic amines is 1. The van der Waals surface area contributed by atoms with Gasteiger partial charge in [-0.1, -0.05) is 11.6 Å². The van der Waals surface area contributed by atoms with Crippen molar-refractivity contribution in [2.75, 3.05) is 5.75 Å². The van der Waals surface area contributed by atoms with E-state index in [0.717, 1.165) is 11.8 Å². The standard InChI is InChI=1S/C12H11ClN2O5S/c1-5(16)14-8(11(17)18)4-21-10-3-9-7(2-6(10)13)15-12(19)20-9/h2-3,8H,4H2,1H3,(H,14,16)(H,15,19)(H,17,18)/t8-/m0/s1. The average molecular weight is 331 g/mol. The number of H-pyrrole nitrogens is 1. The molecule has 0 saturated carbocycles. The summed E-state index contributed by atoms with van der Waals surface area (Å²) in [5.41, 5.74) is 0.796. The normalized spacial score (nSPS) is 12.3. The van der Waals surface area contributed by atoms with Gasteiger partial charge in [-0.05, 0) is 12.1 Å². The maximum Gasteiger partial charge on any atom is 0.417 e. The van der Waals surface area contributed by atoms with Crippen LogP contribution in [0.1, 0.15) is 6.92 Å². The Morgan fingerprint density at radius 1 is 1.52 bits per heavy atom. The number of oxazole rings is 1. The molecule has 0 fully saturated rings. The zero-order valence-corrected chi connectivity index (χ0v) is 12.4. The first-order valence-corrected chi connectivity index (χ1v) is 7.18. The molecule has 2 aromatic rings. The summed E-state index contributed by atoms with van der Waals surface area (Å²) in [5, 5.41) is 11.7. The van der Waals surface area contributed by atoms with E-state index in [2.05, 4.69) is 10.3 Å². The molecule has 0 aliphatic rings. The third-order valence-corrected chi connectivity index (χ3v) is 4.13. The second-order valence-corrected chi connectivity index (χ2v) is 5.66. The van der Waals surface area contributed by atoms with Crippen molar-refractivity contribution in [1.29, 1.82) is 0 Å². The number of benzene rings is 1. The summed E-state index contributed by atoms with van der Waals surface area (Å²) in [5.74, 6) is -2.07. The number of fused-ring (bicyclic) bond motifs is 1. The van der Waals surface area contributed by atoms with Crippen LogP contribution in [0.4, 0.5) is 0 Å². The number of aromatic nitrogens is 1. The van der Waals surface area contributed by atoms with Gasteiger partial charge < -0.3 is 14.8 Å². The molecule has 7 nitrogen and oxygen atoms in total. The van der Waals surface area contributed by atoms with Crippen molar-refractivity contribution in [3.8, 4) is 0 Å². The average Bonchev–Trinajstić information content (AvgIpc) is 2.72. The highest BCUT2D eigenvalue weighted by Crippen LogP contribution is 2.31. The van der Waals surface area contributed by atoms with Gasteiger partial charge in [0, 0.05) is 17.6 Å². The van der Waals surface area contributed by atoms with Crippen molar-refractivity contribution >= 4 is 46.3 Å². The number of rotatable bonds is 5. The Kier molecular flexibility index (Phi) is 4.59. The van der Waals surface area contributed by atoms with Crippen LogP contribution < -0.4 is 11.1 Å².